The van der Waals surface area contributed by atoms with Gasteiger partial charge in [-0.2, -0.15) is 5.10 Å². The molecule has 0 fully saturated rings. The SMILES string of the molecule is CCOC(=O)N1CCc2c([nH]c3ccc(Cl)cc23)C1c1ccc(OCCNc2nccnn2)cc1. The van der Waals surface area contributed by atoms with Crippen LogP contribution in [0.5, 0.6) is 5.75 Å². The monoisotopic (exact) mass is 492 g/mol. The summed E-state index contributed by atoms with van der Waals surface area (Å²) in [6.07, 6.45) is 3.49. The van der Waals surface area contributed by atoms with Crippen LogP contribution in [0, 0.1) is 0 Å². The van der Waals surface area contributed by atoms with Gasteiger partial charge >= 0.3 is 6.09 Å². The number of ether oxygens (including phenoxy) is 2. The summed E-state index contributed by atoms with van der Waals surface area (Å²) in [6.45, 7) is 3.66. The third kappa shape index (κ3) is 4.85. The summed E-state index contributed by atoms with van der Waals surface area (Å²) in [4.78, 5) is 22.2. The van der Waals surface area contributed by atoms with Crippen LogP contribution in [0.2, 0.25) is 5.02 Å². The highest BCUT2D eigenvalue weighted by Crippen LogP contribution is 2.39. The smallest absolute Gasteiger partial charge is 0.410 e. The van der Waals surface area contributed by atoms with Crippen LogP contribution in [0.3, 0.4) is 0 Å². The molecule has 1 atom stereocenters. The summed E-state index contributed by atoms with van der Waals surface area (Å²) < 4.78 is 11.2. The minimum Gasteiger partial charge on any atom is -0.492 e. The van der Waals surface area contributed by atoms with Crippen LogP contribution < -0.4 is 10.1 Å². The minimum absolute atomic E-state index is 0.303. The van der Waals surface area contributed by atoms with E-state index in [0.717, 1.165) is 34.3 Å². The number of H-pyrrole nitrogens is 1. The first-order valence-electron chi connectivity index (χ1n) is 11.5. The zero-order valence-electron chi connectivity index (χ0n) is 19.2. The lowest BCUT2D eigenvalue weighted by Gasteiger charge is -2.35. The molecule has 1 aliphatic heterocycles. The van der Waals surface area contributed by atoms with E-state index in [1.165, 1.54) is 11.8 Å². The lowest BCUT2D eigenvalue weighted by Crippen LogP contribution is -2.40. The molecule has 10 heteroatoms. The van der Waals surface area contributed by atoms with Gasteiger partial charge in [-0.15, -0.1) is 5.10 Å². The van der Waals surface area contributed by atoms with Gasteiger partial charge in [0, 0.05) is 28.2 Å². The lowest BCUT2D eigenvalue weighted by molar-refractivity contribution is 0.0932. The number of carbonyl (C=O) groups is 1. The fourth-order valence-corrected chi connectivity index (χ4v) is 4.59. The highest BCUT2D eigenvalue weighted by molar-refractivity contribution is 6.31. The summed E-state index contributed by atoms with van der Waals surface area (Å²) in [6, 6.07) is 13.3. The van der Waals surface area contributed by atoms with E-state index in [9.17, 15) is 4.79 Å². The summed E-state index contributed by atoms with van der Waals surface area (Å²) >= 11 is 6.27. The molecule has 180 valence electrons. The largest absolute Gasteiger partial charge is 0.492 e. The number of carbonyl (C=O) groups excluding carboxylic acids is 1. The highest BCUT2D eigenvalue weighted by Gasteiger charge is 2.35. The van der Waals surface area contributed by atoms with Crippen molar-refractivity contribution in [3.8, 4) is 5.75 Å². The van der Waals surface area contributed by atoms with Crippen LogP contribution in [-0.2, 0) is 11.2 Å². The number of aromatic nitrogens is 4. The molecule has 3 heterocycles. The average Bonchev–Trinajstić information content (AvgIpc) is 3.25. The van der Waals surface area contributed by atoms with Gasteiger partial charge in [0.15, 0.2) is 0 Å². The third-order valence-corrected chi connectivity index (χ3v) is 6.16. The van der Waals surface area contributed by atoms with Crippen molar-refractivity contribution >= 4 is 34.5 Å². The van der Waals surface area contributed by atoms with Gasteiger partial charge < -0.3 is 19.8 Å². The minimum atomic E-state index is -0.330. The maximum Gasteiger partial charge on any atom is 0.410 e. The van der Waals surface area contributed by atoms with Gasteiger partial charge in [-0.05, 0) is 54.8 Å². The molecular formula is C25H25ClN6O3. The van der Waals surface area contributed by atoms with E-state index in [0.29, 0.717) is 37.3 Å². The first-order valence-corrected chi connectivity index (χ1v) is 11.9. The fourth-order valence-electron chi connectivity index (χ4n) is 4.42. The Morgan fingerprint density at radius 1 is 1.23 bits per heavy atom. The first-order chi connectivity index (χ1) is 17.1. The molecule has 5 rings (SSSR count). The number of fused-ring (bicyclic) bond motifs is 3. The van der Waals surface area contributed by atoms with E-state index >= 15 is 0 Å². The second-order valence-corrected chi connectivity index (χ2v) is 8.50. The second kappa shape index (κ2) is 10.2. The number of halogens is 1. The number of nitrogens with one attached hydrogen (secondary N) is 2. The highest BCUT2D eigenvalue weighted by atomic mass is 35.5. The van der Waals surface area contributed by atoms with Gasteiger partial charge in [0.2, 0.25) is 5.95 Å². The van der Waals surface area contributed by atoms with Crippen molar-refractivity contribution in [2.75, 3.05) is 31.6 Å². The molecule has 1 aliphatic rings. The molecule has 0 saturated carbocycles. The van der Waals surface area contributed by atoms with Crippen molar-refractivity contribution in [1.29, 1.82) is 0 Å². The van der Waals surface area contributed by atoms with Crippen molar-refractivity contribution in [1.82, 2.24) is 25.1 Å². The van der Waals surface area contributed by atoms with Crippen molar-refractivity contribution in [2.24, 2.45) is 0 Å². The number of anilines is 1. The van der Waals surface area contributed by atoms with E-state index in [1.807, 2.05) is 49.4 Å². The Labute approximate surface area is 207 Å². The van der Waals surface area contributed by atoms with Crippen LogP contribution in [0.1, 0.15) is 29.8 Å². The number of nitrogens with zero attached hydrogens (tertiary/aromatic N) is 4. The van der Waals surface area contributed by atoms with Crippen LogP contribution in [0.15, 0.2) is 54.9 Å². The van der Waals surface area contributed by atoms with Crippen LogP contribution in [0.25, 0.3) is 10.9 Å². The van der Waals surface area contributed by atoms with Gasteiger partial charge in [0.1, 0.15) is 18.4 Å². The maximum absolute atomic E-state index is 12.8. The van der Waals surface area contributed by atoms with Crippen molar-refractivity contribution < 1.29 is 14.3 Å². The quantitative estimate of drug-likeness (QED) is 0.363. The number of amides is 1. The molecule has 0 radical (unpaired) electrons. The van der Waals surface area contributed by atoms with E-state index in [1.54, 1.807) is 11.1 Å². The number of rotatable bonds is 7. The molecule has 0 spiro atoms. The Hall–Kier alpha value is -3.85. The summed E-state index contributed by atoms with van der Waals surface area (Å²) in [5.74, 6) is 1.18. The number of hydrogen-bond acceptors (Lipinski definition) is 7. The van der Waals surface area contributed by atoms with Crippen molar-refractivity contribution in [3.63, 3.8) is 0 Å². The molecule has 4 aromatic rings. The topological polar surface area (TPSA) is 105 Å². The van der Waals surface area contributed by atoms with Crippen LogP contribution in [-0.4, -0.2) is 57.5 Å². The standard InChI is InChI=1S/C25H25ClN6O3/c1-2-34-25(33)32-13-9-19-20-15-17(26)5-8-21(20)30-22(19)23(32)16-3-6-18(7-4-16)35-14-12-28-24-27-10-11-29-31-24/h3-8,10-11,15,23,30H,2,9,12-14H2,1H3,(H,27,28,31). The molecule has 0 bridgehead atoms. The van der Waals surface area contributed by atoms with Crippen molar-refractivity contribution in [2.45, 2.75) is 19.4 Å². The number of hydrogen-bond donors (Lipinski definition) is 2. The number of aromatic amines is 1. The fraction of sp³-hybridized carbons (Fsp3) is 0.280. The average molecular weight is 493 g/mol. The van der Waals surface area contributed by atoms with Crippen LogP contribution >= 0.6 is 11.6 Å². The summed E-state index contributed by atoms with van der Waals surface area (Å²) in [7, 11) is 0. The Bertz CT molecular complexity index is 1310. The van der Waals surface area contributed by atoms with E-state index in [2.05, 4.69) is 25.5 Å². The van der Waals surface area contributed by atoms with E-state index < -0.39 is 0 Å². The zero-order chi connectivity index (χ0) is 24.2. The molecular weight excluding hydrogens is 468 g/mol. The van der Waals surface area contributed by atoms with Gasteiger partial charge in [-0.1, -0.05) is 23.7 Å². The normalized spacial score (nSPS) is 15.0. The lowest BCUT2D eigenvalue weighted by atomic mass is 9.92. The van der Waals surface area contributed by atoms with Gasteiger partial charge in [-0.3, -0.25) is 4.90 Å². The Kier molecular flexibility index (Phi) is 6.67. The molecule has 2 N–H and O–H groups in total. The summed E-state index contributed by atoms with van der Waals surface area (Å²) in [5.41, 5.74) is 4.12. The van der Waals surface area contributed by atoms with Gasteiger partial charge in [0.25, 0.3) is 0 Å². The molecule has 9 nitrogen and oxygen atoms in total. The first kappa shape index (κ1) is 22.9. The van der Waals surface area contributed by atoms with Gasteiger partial charge in [0.05, 0.1) is 25.5 Å². The molecule has 0 aliphatic carbocycles. The maximum atomic E-state index is 12.8. The van der Waals surface area contributed by atoms with E-state index in [-0.39, 0.29) is 12.1 Å². The molecule has 2 aromatic carbocycles. The predicted octanol–water partition coefficient (Wildman–Crippen LogP) is 4.60. The predicted molar refractivity (Wildman–Crippen MR) is 133 cm³/mol. The number of benzene rings is 2. The third-order valence-electron chi connectivity index (χ3n) is 5.92. The molecule has 1 unspecified atom stereocenters. The Morgan fingerprint density at radius 2 is 2.09 bits per heavy atom. The summed E-state index contributed by atoms with van der Waals surface area (Å²) in [5, 5.41) is 12.5. The van der Waals surface area contributed by atoms with Gasteiger partial charge in [-0.25, -0.2) is 9.78 Å². The molecule has 1 amide bonds. The molecule has 35 heavy (non-hydrogen) atoms. The van der Waals surface area contributed by atoms with E-state index in [4.69, 9.17) is 21.1 Å². The molecule has 0 saturated heterocycles. The Morgan fingerprint density at radius 3 is 2.86 bits per heavy atom. The Balaban J connectivity index is 1.36. The van der Waals surface area contributed by atoms with Crippen molar-refractivity contribution in [3.05, 3.63) is 76.7 Å². The zero-order valence-corrected chi connectivity index (χ0v) is 20.0. The van der Waals surface area contributed by atoms with Crippen LogP contribution in [0.4, 0.5) is 10.7 Å². The molecule has 2 aromatic heterocycles. The second-order valence-electron chi connectivity index (χ2n) is 8.06.